The molecule has 114 valence electrons. The molecule has 0 saturated heterocycles. The molecule has 2 aromatic rings. The molecule has 0 spiro atoms. The minimum Gasteiger partial charge on any atom is -0.454 e. The highest BCUT2D eigenvalue weighted by Gasteiger charge is 2.14. The van der Waals surface area contributed by atoms with E-state index in [1.807, 2.05) is 42.5 Å². The Bertz CT molecular complexity index is 736. The van der Waals surface area contributed by atoms with Gasteiger partial charge in [0.05, 0.1) is 5.56 Å². The summed E-state index contributed by atoms with van der Waals surface area (Å²) in [4.78, 5) is 12.2. The van der Waals surface area contributed by atoms with E-state index >= 15 is 0 Å². The van der Waals surface area contributed by atoms with Crippen LogP contribution in [0.15, 0.2) is 73.3 Å². The molecule has 1 unspecified atom stereocenters. The summed E-state index contributed by atoms with van der Waals surface area (Å²) in [6, 6.07) is 16.9. The van der Waals surface area contributed by atoms with E-state index in [0.717, 1.165) is 5.56 Å². The van der Waals surface area contributed by atoms with E-state index in [0.29, 0.717) is 17.5 Å². The fraction of sp³-hybridized carbons (Fsp3) is 0.0952. The molecule has 0 aromatic heterocycles. The first-order valence-electron chi connectivity index (χ1n) is 7.35. The van der Waals surface area contributed by atoms with Gasteiger partial charge < -0.3 is 4.74 Å². The van der Waals surface area contributed by atoms with E-state index in [9.17, 15) is 4.79 Å². The molecule has 2 nitrogen and oxygen atoms in total. The molecule has 0 heterocycles. The third-order valence-electron chi connectivity index (χ3n) is 3.30. The molecule has 0 aliphatic heterocycles. The molecule has 2 rings (SSSR count). The van der Waals surface area contributed by atoms with Crippen LogP contribution in [0.3, 0.4) is 0 Å². The molecule has 0 N–H and O–H groups in total. The van der Waals surface area contributed by atoms with Crippen LogP contribution in [-0.4, -0.2) is 12.1 Å². The Morgan fingerprint density at radius 1 is 1.17 bits per heavy atom. The quantitative estimate of drug-likeness (QED) is 0.447. The topological polar surface area (TPSA) is 26.3 Å². The number of rotatable bonds is 6. The van der Waals surface area contributed by atoms with E-state index in [1.54, 1.807) is 30.3 Å². The van der Waals surface area contributed by atoms with Crippen LogP contribution < -0.4 is 0 Å². The summed E-state index contributed by atoms with van der Waals surface area (Å²) in [5.41, 5.74) is 2.02. The lowest BCUT2D eigenvalue weighted by molar-refractivity contribution is 0.0400. The summed E-state index contributed by atoms with van der Waals surface area (Å²) in [6.07, 6.45) is 11.1. The van der Waals surface area contributed by atoms with Gasteiger partial charge in [-0.05, 0) is 17.7 Å². The van der Waals surface area contributed by atoms with Gasteiger partial charge in [0.2, 0.25) is 0 Å². The first-order valence-corrected chi connectivity index (χ1v) is 7.35. The maximum absolute atomic E-state index is 12.2. The zero-order valence-electron chi connectivity index (χ0n) is 12.8. The molecule has 0 fully saturated rings. The van der Waals surface area contributed by atoms with Gasteiger partial charge >= 0.3 is 5.97 Å². The predicted molar refractivity (Wildman–Crippen MR) is 93.9 cm³/mol. The molecule has 0 aliphatic carbocycles. The number of carbonyl (C=O) groups excluding carboxylic acids is 1. The lowest BCUT2D eigenvalue weighted by Gasteiger charge is -2.13. The van der Waals surface area contributed by atoms with Crippen LogP contribution in [0.25, 0.3) is 6.08 Å². The van der Waals surface area contributed by atoms with E-state index < -0.39 is 12.1 Å². The van der Waals surface area contributed by atoms with E-state index in [2.05, 4.69) is 12.5 Å². The Labute approximate surface area is 137 Å². The number of benzene rings is 2. The lowest BCUT2D eigenvalue weighted by atomic mass is 10.1. The fourth-order valence-corrected chi connectivity index (χ4v) is 2.08. The Hall–Kier alpha value is -3.05. The number of carbonyl (C=O) groups is 1. The molecule has 0 saturated carbocycles. The van der Waals surface area contributed by atoms with Gasteiger partial charge in [-0.1, -0.05) is 73.2 Å². The first kappa shape index (κ1) is 16.3. The minimum atomic E-state index is -0.434. The van der Waals surface area contributed by atoms with Crippen molar-refractivity contribution in [2.24, 2.45) is 0 Å². The van der Waals surface area contributed by atoms with Gasteiger partial charge in [-0.15, -0.1) is 6.42 Å². The van der Waals surface area contributed by atoms with Gasteiger partial charge in [-0.3, -0.25) is 0 Å². The number of hydrogen-bond acceptors (Lipinski definition) is 2. The van der Waals surface area contributed by atoms with Crippen LogP contribution in [-0.2, 0) is 4.74 Å². The molecule has 1 atom stereocenters. The highest BCUT2D eigenvalue weighted by atomic mass is 16.5. The van der Waals surface area contributed by atoms with Crippen LogP contribution in [0, 0.1) is 12.3 Å². The van der Waals surface area contributed by atoms with Crippen molar-refractivity contribution in [1.29, 1.82) is 0 Å². The highest BCUT2D eigenvalue weighted by Crippen LogP contribution is 2.13. The monoisotopic (exact) mass is 302 g/mol. The average Bonchev–Trinajstić information content (AvgIpc) is 2.61. The second-order valence-electron chi connectivity index (χ2n) is 4.92. The molecular weight excluding hydrogens is 284 g/mol. The average molecular weight is 302 g/mol. The third kappa shape index (κ3) is 4.72. The zero-order chi connectivity index (χ0) is 16.5. The van der Waals surface area contributed by atoms with Crippen molar-refractivity contribution in [2.75, 3.05) is 0 Å². The Balaban J connectivity index is 1.99. The largest absolute Gasteiger partial charge is 0.454 e. The maximum atomic E-state index is 12.2. The SMILES string of the molecule is C#Cc1ccccc1C(=O)OC(C=C)C/C=C/c1ccccc1. The van der Waals surface area contributed by atoms with Crippen LogP contribution in [0.4, 0.5) is 0 Å². The standard InChI is InChI=1S/C21H18O2/c1-3-18-14-8-9-16-20(18)21(22)23-19(4-2)15-10-13-17-11-6-5-7-12-17/h1,4-14,16,19H,2,15H2/b13-10+. The van der Waals surface area contributed by atoms with Gasteiger partial charge in [-0.25, -0.2) is 4.79 Å². The molecule has 2 heteroatoms. The minimum absolute atomic E-state index is 0.395. The molecule has 2 aromatic carbocycles. The Morgan fingerprint density at radius 2 is 1.87 bits per heavy atom. The number of ether oxygens (including phenoxy) is 1. The Morgan fingerprint density at radius 3 is 2.57 bits per heavy atom. The molecule has 0 radical (unpaired) electrons. The van der Waals surface area contributed by atoms with E-state index in [1.165, 1.54) is 0 Å². The smallest absolute Gasteiger partial charge is 0.340 e. The van der Waals surface area contributed by atoms with Gasteiger partial charge in [0.15, 0.2) is 0 Å². The summed E-state index contributed by atoms with van der Waals surface area (Å²) in [6.45, 7) is 3.72. The lowest BCUT2D eigenvalue weighted by Crippen LogP contribution is -2.16. The molecule has 0 aliphatic rings. The van der Waals surface area contributed by atoms with Crippen LogP contribution in [0.1, 0.15) is 27.9 Å². The summed E-state index contributed by atoms with van der Waals surface area (Å²) in [5.74, 6) is 2.06. The summed E-state index contributed by atoms with van der Waals surface area (Å²) < 4.78 is 5.46. The van der Waals surface area contributed by atoms with Crippen molar-refractivity contribution < 1.29 is 9.53 Å². The van der Waals surface area contributed by atoms with Gasteiger partial charge in [0.25, 0.3) is 0 Å². The predicted octanol–water partition coefficient (Wildman–Crippen LogP) is 4.48. The molecular formula is C21H18O2. The maximum Gasteiger partial charge on any atom is 0.340 e. The van der Waals surface area contributed by atoms with Crippen molar-refractivity contribution in [2.45, 2.75) is 12.5 Å². The van der Waals surface area contributed by atoms with Gasteiger partial charge in [0, 0.05) is 12.0 Å². The summed E-state index contributed by atoms with van der Waals surface area (Å²) in [5, 5.41) is 0. The molecule has 0 bridgehead atoms. The molecule has 0 amide bonds. The van der Waals surface area contributed by atoms with Gasteiger partial charge in [0.1, 0.15) is 6.10 Å². The fourth-order valence-electron chi connectivity index (χ4n) is 2.08. The molecule has 23 heavy (non-hydrogen) atoms. The first-order chi connectivity index (χ1) is 11.2. The zero-order valence-corrected chi connectivity index (χ0v) is 12.8. The van der Waals surface area contributed by atoms with Crippen LogP contribution in [0.5, 0.6) is 0 Å². The van der Waals surface area contributed by atoms with Crippen molar-refractivity contribution >= 4 is 12.0 Å². The normalized spacial score (nSPS) is 11.6. The van der Waals surface area contributed by atoms with Gasteiger partial charge in [-0.2, -0.15) is 0 Å². The van der Waals surface area contributed by atoms with Crippen LogP contribution in [0.2, 0.25) is 0 Å². The van der Waals surface area contributed by atoms with Crippen molar-refractivity contribution in [3.63, 3.8) is 0 Å². The number of terminal acetylenes is 1. The van der Waals surface area contributed by atoms with Crippen LogP contribution >= 0.6 is 0 Å². The van der Waals surface area contributed by atoms with Crippen molar-refractivity contribution in [3.8, 4) is 12.3 Å². The highest BCUT2D eigenvalue weighted by molar-refractivity contribution is 5.92. The van der Waals surface area contributed by atoms with Crippen molar-refractivity contribution in [1.82, 2.24) is 0 Å². The van der Waals surface area contributed by atoms with E-state index in [-0.39, 0.29) is 0 Å². The van der Waals surface area contributed by atoms with Crippen molar-refractivity contribution in [3.05, 3.63) is 90.0 Å². The van der Waals surface area contributed by atoms with E-state index in [4.69, 9.17) is 11.2 Å². The second-order valence-corrected chi connectivity index (χ2v) is 4.92. The number of esters is 1. The second kappa shape index (κ2) is 8.41. The summed E-state index contributed by atoms with van der Waals surface area (Å²) >= 11 is 0. The Kier molecular flexibility index (Phi) is 5.97. The summed E-state index contributed by atoms with van der Waals surface area (Å²) in [7, 11) is 0. The third-order valence-corrected chi connectivity index (χ3v) is 3.30. The number of hydrogen-bond donors (Lipinski definition) is 0.